The van der Waals surface area contributed by atoms with E-state index in [1.807, 2.05) is 0 Å². The summed E-state index contributed by atoms with van der Waals surface area (Å²) in [5.41, 5.74) is 0.595. The Morgan fingerprint density at radius 3 is 1.88 bits per heavy atom. The summed E-state index contributed by atoms with van der Waals surface area (Å²) in [5.74, 6) is -1.29. The molecule has 0 aliphatic heterocycles. The molecule has 0 aromatic carbocycles. The van der Waals surface area contributed by atoms with Gasteiger partial charge in [0.1, 0.15) is 0 Å². The van der Waals surface area contributed by atoms with Gasteiger partial charge in [-0.2, -0.15) is 0 Å². The minimum Gasteiger partial charge on any atom is -0.518 e. The quantitative estimate of drug-likeness (QED) is 0.267. The first-order chi connectivity index (χ1) is 12.0. The van der Waals surface area contributed by atoms with Crippen molar-refractivity contribution in [2.45, 2.75) is 122 Å². The lowest BCUT2D eigenvalue weighted by molar-refractivity contribution is -0.143. The van der Waals surface area contributed by atoms with Crippen LogP contribution in [0.5, 0.6) is 0 Å². The number of carbonyl (C=O) groups is 2. The minimum absolute atomic E-state index is 0.0288. The fraction of sp³-hybridized carbons (Fsp3) is 0.905. The van der Waals surface area contributed by atoms with Crippen molar-refractivity contribution in [3.63, 3.8) is 0 Å². The number of aliphatic carboxylic acids is 1. The third-order valence-electron chi connectivity index (χ3n) is 5.75. The van der Waals surface area contributed by atoms with Crippen LogP contribution >= 0.6 is 0 Å². The van der Waals surface area contributed by atoms with E-state index in [4.69, 9.17) is 9.53 Å². The third kappa shape index (κ3) is 7.41. The van der Waals surface area contributed by atoms with Gasteiger partial charge in [-0.3, -0.25) is 9.59 Å². The van der Waals surface area contributed by atoms with Crippen molar-refractivity contribution < 1.29 is 19.1 Å². The highest BCUT2D eigenvalue weighted by molar-refractivity contribution is 6.80. The van der Waals surface area contributed by atoms with Crippen LogP contribution in [0.4, 0.5) is 0 Å². The maximum atomic E-state index is 12.4. The molecule has 26 heavy (non-hydrogen) atoms. The molecule has 4 nitrogen and oxygen atoms in total. The highest BCUT2D eigenvalue weighted by Gasteiger charge is 2.56. The molecule has 0 spiro atoms. The number of rotatable bonds is 14. The van der Waals surface area contributed by atoms with Crippen molar-refractivity contribution >= 4 is 20.3 Å². The van der Waals surface area contributed by atoms with Crippen LogP contribution in [-0.2, 0) is 14.0 Å². The van der Waals surface area contributed by atoms with Gasteiger partial charge >= 0.3 is 5.97 Å². The number of carboxylic acids is 1. The standard InChI is InChI=1S/C21H42O4Si/c1-8-9-10-11-12-13-16-21(6,7)26(17(2)3,18(4)5)25-20(24)15-14-19(22)23/h17-18H,8-16H2,1-7H3,(H,22,23). The Kier molecular flexibility index (Phi) is 11.4. The Hall–Kier alpha value is -0.843. The van der Waals surface area contributed by atoms with Gasteiger partial charge in [0, 0.05) is 0 Å². The van der Waals surface area contributed by atoms with Crippen molar-refractivity contribution in [2.75, 3.05) is 0 Å². The van der Waals surface area contributed by atoms with Crippen LogP contribution in [0.15, 0.2) is 0 Å². The van der Waals surface area contributed by atoms with Gasteiger partial charge in [0.2, 0.25) is 0 Å². The number of carbonyl (C=O) groups excluding carboxylic acids is 1. The molecule has 0 aromatic heterocycles. The maximum Gasteiger partial charge on any atom is 0.303 e. The Balaban J connectivity index is 5.12. The van der Waals surface area contributed by atoms with Gasteiger partial charge in [-0.05, 0) is 22.5 Å². The molecule has 0 radical (unpaired) electrons. The van der Waals surface area contributed by atoms with Crippen molar-refractivity contribution in [3.8, 4) is 0 Å². The molecule has 5 heteroatoms. The number of unbranched alkanes of at least 4 members (excludes halogenated alkanes) is 5. The van der Waals surface area contributed by atoms with Gasteiger partial charge in [0.05, 0.1) is 12.8 Å². The Morgan fingerprint density at radius 1 is 0.923 bits per heavy atom. The second-order valence-corrected chi connectivity index (χ2v) is 14.3. The topological polar surface area (TPSA) is 63.6 Å². The lowest BCUT2D eigenvalue weighted by atomic mass is 10.0. The summed E-state index contributed by atoms with van der Waals surface area (Å²) in [7, 11) is -2.43. The molecule has 0 saturated carbocycles. The predicted molar refractivity (Wildman–Crippen MR) is 111 cm³/mol. The summed E-state index contributed by atoms with van der Waals surface area (Å²) in [5, 5.41) is 8.82. The molecule has 154 valence electrons. The average Bonchev–Trinajstić information content (AvgIpc) is 2.52. The highest BCUT2D eigenvalue weighted by atomic mass is 28.4. The van der Waals surface area contributed by atoms with Crippen LogP contribution in [0.2, 0.25) is 16.1 Å². The molecule has 0 aliphatic carbocycles. The SMILES string of the molecule is CCCCCCCCC(C)(C)[Si](OC(=O)CCC(=O)O)(C(C)C)C(C)C. The molecule has 0 heterocycles. The van der Waals surface area contributed by atoms with Gasteiger partial charge in [-0.1, -0.05) is 87.0 Å². The Morgan fingerprint density at radius 2 is 1.42 bits per heavy atom. The van der Waals surface area contributed by atoms with Gasteiger partial charge < -0.3 is 9.53 Å². The van der Waals surface area contributed by atoms with E-state index in [-0.39, 0.29) is 23.8 Å². The molecule has 0 saturated heterocycles. The molecule has 0 rings (SSSR count). The lowest BCUT2D eigenvalue weighted by Gasteiger charge is -2.49. The van der Waals surface area contributed by atoms with Crippen LogP contribution in [0.3, 0.4) is 0 Å². The van der Waals surface area contributed by atoms with E-state index in [2.05, 4.69) is 48.5 Å². The predicted octanol–water partition coefficient (Wildman–Crippen LogP) is 6.69. The molecule has 0 unspecified atom stereocenters. The second-order valence-electron chi connectivity index (χ2n) is 8.87. The lowest BCUT2D eigenvalue weighted by Crippen LogP contribution is -2.55. The largest absolute Gasteiger partial charge is 0.518 e. The van der Waals surface area contributed by atoms with Crippen molar-refractivity contribution in [2.24, 2.45) is 0 Å². The number of hydrogen-bond acceptors (Lipinski definition) is 3. The summed E-state index contributed by atoms with van der Waals surface area (Å²) in [4.78, 5) is 23.2. The van der Waals surface area contributed by atoms with Gasteiger partial charge in [-0.25, -0.2) is 0 Å². The summed E-state index contributed by atoms with van der Waals surface area (Å²) in [6.07, 6.45) is 8.42. The summed E-state index contributed by atoms with van der Waals surface area (Å²) in [6.45, 7) is 15.4. The van der Waals surface area contributed by atoms with Crippen molar-refractivity contribution in [3.05, 3.63) is 0 Å². The van der Waals surface area contributed by atoms with E-state index >= 15 is 0 Å². The maximum absolute atomic E-state index is 12.4. The van der Waals surface area contributed by atoms with E-state index in [9.17, 15) is 9.59 Å². The smallest absolute Gasteiger partial charge is 0.303 e. The van der Waals surface area contributed by atoms with E-state index in [0.717, 1.165) is 12.8 Å². The average molecular weight is 387 g/mol. The molecule has 0 aliphatic rings. The first kappa shape index (κ1) is 25.2. The van der Waals surface area contributed by atoms with E-state index in [1.165, 1.54) is 32.1 Å². The number of hydrogen-bond donors (Lipinski definition) is 1. The highest BCUT2D eigenvalue weighted by Crippen LogP contribution is 2.54. The van der Waals surface area contributed by atoms with Crippen molar-refractivity contribution in [1.29, 1.82) is 0 Å². The van der Waals surface area contributed by atoms with Crippen LogP contribution in [0.25, 0.3) is 0 Å². The normalized spacial score (nSPS) is 12.7. The van der Waals surface area contributed by atoms with Gasteiger partial charge in [-0.15, -0.1) is 0 Å². The number of carboxylic acid groups (broad SMARTS) is 1. The Labute approximate surface area is 162 Å². The summed E-state index contributed by atoms with van der Waals surface area (Å²) in [6, 6.07) is 0. The van der Waals surface area contributed by atoms with Crippen LogP contribution in [0, 0.1) is 0 Å². The van der Waals surface area contributed by atoms with Crippen molar-refractivity contribution in [1.82, 2.24) is 0 Å². The van der Waals surface area contributed by atoms with E-state index < -0.39 is 14.3 Å². The zero-order valence-corrected chi connectivity index (χ0v) is 19.2. The van der Waals surface area contributed by atoms with E-state index in [0.29, 0.717) is 11.1 Å². The third-order valence-corrected chi connectivity index (χ3v) is 12.1. The van der Waals surface area contributed by atoms with Gasteiger partial charge in [0.25, 0.3) is 14.3 Å². The molecule has 0 aromatic rings. The zero-order valence-electron chi connectivity index (χ0n) is 18.2. The molecule has 0 fully saturated rings. The second kappa shape index (κ2) is 11.8. The fourth-order valence-corrected chi connectivity index (χ4v) is 10.8. The first-order valence-corrected chi connectivity index (χ1v) is 12.5. The Bertz CT molecular complexity index is 422. The first-order valence-electron chi connectivity index (χ1n) is 10.4. The molecule has 0 atom stereocenters. The van der Waals surface area contributed by atoms with Crippen LogP contribution in [0.1, 0.15) is 106 Å². The van der Waals surface area contributed by atoms with Crippen LogP contribution < -0.4 is 0 Å². The summed E-state index contributed by atoms with van der Waals surface area (Å²) >= 11 is 0. The summed E-state index contributed by atoms with van der Waals surface area (Å²) < 4.78 is 6.21. The molecule has 0 amide bonds. The molecular weight excluding hydrogens is 344 g/mol. The molecular formula is C21H42O4Si. The minimum atomic E-state index is -2.43. The molecule has 0 bridgehead atoms. The van der Waals surface area contributed by atoms with E-state index in [1.54, 1.807) is 0 Å². The van der Waals surface area contributed by atoms with Crippen LogP contribution in [-0.4, -0.2) is 25.4 Å². The van der Waals surface area contributed by atoms with Gasteiger partial charge in [0.15, 0.2) is 0 Å². The molecule has 1 N–H and O–H groups in total. The monoisotopic (exact) mass is 386 g/mol. The zero-order chi connectivity index (χ0) is 20.4. The fourth-order valence-electron chi connectivity index (χ4n) is 4.59.